The Morgan fingerprint density at radius 1 is 1.31 bits per heavy atom. The van der Waals surface area contributed by atoms with Crippen molar-refractivity contribution >= 4 is 18.3 Å². The molecule has 140 valence electrons. The van der Waals surface area contributed by atoms with Gasteiger partial charge in [-0.1, -0.05) is 0 Å². The molecule has 1 aliphatic heterocycles. The van der Waals surface area contributed by atoms with Crippen molar-refractivity contribution in [1.82, 2.24) is 20.4 Å². The molecule has 1 amide bonds. The number of β-amino-alcohol motifs (C(OH)–C–C–N with tert-alkyl or cyclic N) is 1. The number of carbonyl (C=O) groups is 1. The van der Waals surface area contributed by atoms with E-state index in [1.165, 1.54) is 12.1 Å². The van der Waals surface area contributed by atoms with Gasteiger partial charge in [0.25, 0.3) is 5.91 Å². The highest BCUT2D eigenvalue weighted by Crippen LogP contribution is 2.28. The number of hydrogen-bond donors (Lipinski definition) is 3. The summed E-state index contributed by atoms with van der Waals surface area (Å²) >= 11 is 0. The van der Waals surface area contributed by atoms with Crippen LogP contribution in [0.3, 0.4) is 0 Å². The van der Waals surface area contributed by atoms with Crippen LogP contribution in [0, 0.1) is 11.7 Å². The summed E-state index contributed by atoms with van der Waals surface area (Å²) in [7, 11) is 0. The van der Waals surface area contributed by atoms with Gasteiger partial charge in [-0.15, -0.1) is 12.4 Å². The van der Waals surface area contributed by atoms with Crippen LogP contribution < -0.4 is 10.6 Å². The number of fused-ring (bicyclic) bond motifs is 1. The first-order valence-electron chi connectivity index (χ1n) is 8.67. The van der Waals surface area contributed by atoms with E-state index in [0.717, 1.165) is 36.2 Å². The first-order valence-corrected chi connectivity index (χ1v) is 8.67. The third-order valence-electron chi connectivity index (χ3n) is 5.05. The van der Waals surface area contributed by atoms with Gasteiger partial charge in [-0.2, -0.15) is 5.10 Å². The fourth-order valence-corrected chi connectivity index (χ4v) is 3.65. The van der Waals surface area contributed by atoms with Gasteiger partial charge in [-0.25, -0.2) is 9.07 Å². The highest BCUT2D eigenvalue weighted by atomic mass is 35.5. The lowest BCUT2D eigenvalue weighted by atomic mass is 10.1. The van der Waals surface area contributed by atoms with Crippen molar-refractivity contribution in [3.8, 4) is 5.69 Å². The third-order valence-corrected chi connectivity index (χ3v) is 5.05. The molecule has 2 aliphatic rings. The maximum absolute atomic E-state index is 13.2. The largest absolute Gasteiger partial charge is 0.391 e. The van der Waals surface area contributed by atoms with Gasteiger partial charge in [-0.3, -0.25) is 4.79 Å². The summed E-state index contributed by atoms with van der Waals surface area (Å²) in [5, 5.41) is 20.3. The normalized spacial score (nSPS) is 21.3. The number of benzene rings is 1. The number of nitrogens with one attached hydrogen (secondary N) is 2. The lowest BCUT2D eigenvalue weighted by Gasteiger charge is -2.13. The standard InChI is InChI=1S/C18H21FN4O2.ClH/c19-12-4-6-13(7-5-12)23-15-3-1-2-14(15)17(22-23)18(25)21-9-11-8-20-10-16(11)24;/h4-7,11,16,20,24H,1-3,8-10H2,(H,21,25);1H. The minimum atomic E-state index is -0.428. The zero-order valence-corrected chi connectivity index (χ0v) is 15.1. The lowest BCUT2D eigenvalue weighted by Crippen LogP contribution is -2.35. The van der Waals surface area contributed by atoms with Gasteiger partial charge in [0, 0.05) is 36.8 Å². The SMILES string of the molecule is Cl.O=C(NCC1CNCC1O)c1nn(-c2ccc(F)cc2)c2c1CCC2. The molecule has 4 rings (SSSR count). The molecule has 1 saturated heterocycles. The maximum atomic E-state index is 13.2. The van der Waals surface area contributed by atoms with Gasteiger partial charge in [0.1, 0.15) is 5.82 Å². The van der Waals surface area contributed by atoms with Crippen molar-refractivity contribution in [2.24, 2.45) is 5.92 Å². The molecule has 1 fully saturated rings. The van der Waals surface area contributed by atoms with Crippen molar-refractivity contribution in [3.63, 3.8) is 0 Å². The summed E-state index contributed by atoms with van der Waals surface area (Å²) in [6.45, 7) is 1.68. The highest BCUT2D eigenvalue weighted by Gasteiger charge is 2.29. The van der Waals surface area contributed by atoms with E-state index in [1.54, 1.807) is 16.8 Å². The number of aliphatic hydroxyl groups excluding tert-OH is 1. The van der Waals surface area contributed by atoms with Crippen LogP contribution in [0.2, 0.25) is 0 Å². The van der Waals surface area contributed by atoms with Crippen molar-refractivity contribution in [2.75, 3.05) is 19.6 Å². The molecule has 1 aromatic carbocycles. The number of rotatable bonds is 4. The van der Waals surface area contributed by atoms with Gasteiger partial charge in [0.05, 0.1) is 11.8 Å². The number of nitrogens with zero attached hydrogens (tertiary/aromatic N) is 2. The van der Waals surface area contributed by atoms with E-state index in [4.69, 9.17) is 0 Å². The Balaban J connectivity index is 0.00000196. The number of aromatic nitrogens is 2. The Labute approximate surface area is 157 Å². The zero-order chi connectivity index (χ0) is 17.4. The van der Waals surface area contributed by atoms with Crippen molar-refractivity contribution < 1.29 is 14.3 Å². The number of carbonyl (C=O) groups excluding carboxylic acids is 1. The van der Waals surface area contributed by atoms with Crippen LogP contribution in [-0.4, -0.2) is 46.5 Å². The fourth-order valence-electron chi connectivity index (χ4n) is 3.65. The third kappa shape index (κ3) is 3.47. The summed E-state index contributed by atoms with van der Waals surface area (Å²) in [4.78, 5) is 12.6. The average molecular weight is 381 g/mol. The van der Waals surface area contributed by atoms with Gasteiger partial charge in [0.15, 0.2) is 5.69 Å². The van der Waals surface area contributed by atoms with Gasteiger partial charge >= 0.3 is 0 Å². The Morgan fingerprint density at radius 3 is 2.77 bits per heavy atom. The van der Waals surface area contributed by atoms with E-state index in [1.807, 2.05) is 0 Å². The summed E-state index contributed by atoms with van der Waals surface area (Å²) < 4.78 is 14.9. The molecular weight excluding hydrogens is 359 g/mol. The summed E-state index contributed by atoms with van der Waals surface area (Å²) in [6.07, 6.45) is 2.24. The predicted octanol–water partition coefficient (Wildman–Crippen LogP) is 1.23. The monoisotopic (exact) mass is 380 g/mol. The Kier molecular flexibility index (Phi) is 5.60. The Bertz CT molecular complexity index is 793. The number of amides is 1. The van der Waals surface area contributed by atoms with Crippen LogP contribution in [0.1, 0.15) is 28.2 Å². The van der Waals surface area contributed by atoms with E-state index >= 15 is 0 Å². The molecule has 8 heteroatoms. The van der Waals surface area contributed by atoms with E-state index in [0.29, 0.717) is 25.3 Å². The average Bonchev–Trinajstić information content (AvgIpc) is 3.30. The fraction of sp³-hybridized carbons (Fsp3) is 0.444. The number of halogens is 2. The molecule has 1 aliphatic carbocycles. The van der Waals surface area contributed by atoms with Gasteiger partial charge < -0.3 is 15.7 Å². The summed E-state index contributed by atoms with van der Waals surface area (Å²) in [5.41, 5.74) is 3.21. The van der Waals surface area contributed by atoms with E-state index in [9.17, 15) is 14.3 Å². The van der Waals surface area contributed by atoms with Crippen LogP contribution in [0.25, 0.3) is 5.69 Å². The molecule has 2 unspecified atom stereocenters. The minimum absolute atomic E-state index is 0. The van der Waals surface area contributed by atoms with E-state index in [2.05, 4.69) is 15.7 Å². The number of aliphatic hydroxyl groups is 1. The van der Waals surface area contributed by atoms with E-state index in [-0.39, 0.29) is 30.0 Å². The summed E-state index contributed by atoms with van der Waals surface area (Å²) in [6, 6.07) is 6.13. The van der Waals surface area contributed by atoms with Crippen LogP contribution in [-0.2, 0) is 12.8 Å². The second kappa shape index (κ2) is 7.73. The van der Waals surface area contributed by atoms with Crippen LogP contribution in [0.5, 0.6) is 0 Å². The molecule has 2 aromatic rings. The molecule has 6 nitrogen and oxygen atoms in total. The first kappa shape index (κ1) is 18.8. The summed E-state index contributed by atoms with van der Waals surface area (Å²) in [5.74, 6) is -0.483. The molecule has 1 aromatic heterocycles. The van der Waals surface area contributed by atoms with Crippen LogP contribution >= 0.6 is 12.4 Å². The zero-order valence-electron chi connectivity index (χ0n) is 14.2. The lowest BCUT2D eigenvalue weighted by molar-refractivity contribution is 0.0921. The van der Waals surface area contributed by atoms with Crippen molar-refractivity contribution in [2.45, 2.75) is 25.4 Å². The van der Waals surface area contributed by atoms with Crippen molar-refractivity contribution in [1.29, 1.82) is 0 Å². The smallest absolute Gasteiger partial charge is 0.272 e. The van der Waals surface area contributed by atoms with Gasteiger partial charge in [0.2, 0.25) is 0 Å². The van der Waals surface area contributed by atoms with Crippen LogP contribution in [0.4, 0.5) is 4.39 Å². The van der Waals surface area contributed by atoms with Crippen molar-refractivity contribution in [3.05, 3.63) is 47.0 Å². The second-order valence-corrected chi connectivity index (χ2v) is 6.71. The van der Waals surface area contributed by atoms with Gasteiger partial charge in [-0.05, 0) is 43.5 Å². The molecule has 0 radical (unpaired) electrons. The highest BCUT2D eigenvalue weighted by molar-refractivity contribution is 5.94. The molecule has 2 heterocycles. The number of hydrogen-bond acceptors (Lipinski definition) is 4. The van der Waals surface area contributed by atoms with Crippen LogP contribution in [0.15, 0.2) is 24.3 Å². The Hall–Kier alpha value is -1.96. The molecule has 0 bridgehead atoms. The maximum Gasteiger partial charge on any atom is 0.272 e. The molecular formula is C18H22ClFN4O2. The predicted molar refractivity (Wildman–Crippen MR) is 97.5 cm³/mol. The van der Waals surface area contributed by atoms with E-state index < -0.39 is 6.10 Å². The first-order chi connectivity index (χ1) is 12.1. The molecule has 3 N–H and O–H groups in total. The molecule has 26 heavy (non-hydrogen) atoms. The molecule has 2 atom stereocenters. The minimum Gasteiger partial charge on any atom is -0.391 e. The Morgan fingerprint density at radius 2 is 2.08 bits per heavy atom. The second-order valence-electron chi connectivity index (χ2n) is 6.71. The molecule has 0 spiro atoms. The molecule has 0 saturated carbocycles. The topological polar surface area (TPSA) is 79.2 Å². The quantitative estimate of drug-likeness (QED) is 0.745.